The number of rotatable bonds is 3. The lowest BCUT2D eigenvalue weighted by Gasteiger charge is -2.06. The number of nitrogens with one attached hydrogen (secondary N) is 1. The number of phenolic OH excluding ortho intramolecular Hbond substituents is 1. The predicted octanol–water partition coefficient (Wildman–Crippen LogP) is 2.57. The van der Waals surface area contributed by atoms with Crippen molar-refractivity contribution in [3.63, 3.8) is 0 Å². The van der Waals surface area contributed by atoms with Crippen molar-refractivity contribution in [2.24, 2.45) is 5.92 Å². The van der Waals surface area contributed by atoms with Crippen LogP contribution in [0.4, 0.5) is 0 Å². The molecule has 0 saturated heterocycles. The summed E-state index contributed by atoms with van der Waals surface area (Å²) in [6.45, 7) is 2.11. The fourth-order valence-electron chi connectivity index (χ4n) is 1.81. The van der Waals surface area contributed by atoms with Gasteiger partial charge in [0.2, 0.25) is 0 Å². The van der Waals surface area contributed by atoms with Gasteiger partial charge in [-0.3, -0.25) is 4.79 Å². The molecule has 0 heterocycles. The van der Waals surface area contributed by atoms with Crippen molar-refractivity contribution >= 4 is 17.5 Å². The van der Waals surface area contributed by atoms with Gasteiger partial charge in [-0.1, -0.05) is 24.9 Å². The van der Waals surface area contributed by atoms with E-state index in [4.69, 9.17) is 11.6 Å². The molecule has 2 atom stereocenters. The molecule has 1 aromatic rings. The highest BCUT2D eigenvalue weighted by Crippen LogP contribution is 2.33. The Balaban J connectivity index is 2.06. The number of hydrogen-bond acceptors (Lipinski definition) is 2. The molecule has 0 bridgehead atoms. The van der Waals surface area contributed by atoms with E-state index in [1.165, 1.54) is 18.2 Å². The largest absolute Gasteiger partial charge is 0.508 e. The van der Waals surface area contributed by atoms with Crippen LogP contribution >= 0.6 is 11.6 Å². The highest BCUT2D eigenvalue weighted by Gasteiger charge is 2.36. The summed E-state index contributed by atoms with van der Waals surface area (Å²) in [5.74, 6) is 0.444. The molecular formula is C12H14ClNO2. The molecule has 0 aromatic heterocycles. The summed E-state index contributed by atoms with van der Waals surface area (Å²) in [5.41, 5.74) is 0.336. The number of aromatic hydroxyl groups is 1. The Hall–Kier alpha value is -1.22. The summed E-state index contributed by atoms with van der Waals surface area (Å²) in [4.78, 5) is 11.8. The van der Waals surface area contributed by atoms with Crippen LogP contribution < -0.4 is 5.32 Å². The van der Waals surface area contributed by atoms with Crippen LogP contribution in [0.1, 0.15) is 30.1 Å². The monoisotopic (exact) mass is 239 g/mol. The highest BCUT2D eigenvalue weighted by molar-refractivity contribution is 6.33. The van der Waals surface area contributed by atoms with Crippen molar-refractivity contribution in [1.82, 2.24) is 5.32 Å². The lowest BCUT2D eigenvalue weighted by atomic mass is 10.2. The summed E-state index contributed by atoms with van der Waals surface area (Å²) < 4.78 is 0. The Morgan fingerprint density at radius 2 is 2.38 bits per heavy atom. The van der Waals surface area contributed by atoms with E-state index in [0.717, 1.165) is 12.8 Å². The molecule has 2 rings (SSSR count). The van der Waals surface area contributed by atoms with E-state index < -0.39 is 0 Å². The normalized spacial score (nSPS) is 22.9. The fraction of sp³-hybridized carbons (Fsp3) is 0.417. The predicted molar refractivity (Wildman–Crippen MR) is 62.8 cm³/mol. The Kier molecular flexibility index (Phi) is 3.06. The van der Waals surface area contributed by atoms with Gasteiger partial charge in [0.1, 0.15) is 5.75 Å². The van der Waals surface area contributed by atoms with Gasteiger partial charge in [-0.25, -0.2) is 0 Å². The Morgan fingerprint density at radius 3 is 3.00 bits per heavy atom. The minimum Gasteiger partial charge on any atom is -0.508 e. The lowest BCUT2D eigenvalue weighted by Crippen LogP contribution is -2.27. The molecule has 1 amide bonds. The standard InChI is InChI=1S/C12H14ClNO2/c1-2-7-5-11(7)14-12(16)9-6-8(15)3-4-10(9)13/h3-4,6-7,11,15H,2,5H2,1H3,(H,14,16). The maximum absolute atomic E-state index is 11.8. The second-order valence-electron chi connectivity index (χ2n) is 4.15. The first-order valence-electron chi connectivity index (χ1n) is 5.41. The Labute approximate surface area is 99.4 Å². The Morgan fingerprint density at radius 1 is 1.62 bits per heavy atom. The molecule has 0 radical (unpaired) electrons. The lowest BCUT2D eigenvalue weighted by molar-refractivity contribution is 0.0948. The van der Waals surface area contributed by atoms with Gasteiger partial charge >= 0.3 is 0 Å². The van der Waals surface area contributed by atoms with Crippen molar-refractivity contribution < 1.29 is 9.90 Å². The maximum Gasteiger partial charge on any atom is 0.253 e. The molecule has 3 nitrogen and oxygen atoms in total. The van der Waals surface area contributed by atoms with E-state index in [1.807, 2.05) is 0 Å². The third-order valence-corrected chi connectivity index (χ3v) is 3.29. The molecule has 86 valence electrons. The van der Waals surface area contributed by atoms with Crippen LogP contribution in [0.25, 0.3) is 0 Å². The molecule has 16 heavy (non-hydrogen) atoms. The number of phenols is 1. The quantitative estimate of drug-likeness (QED) is 0.852. The molecule has 0 aliphatic heterocycles. The molecular weight excluding hydrogens is 226 g/mol. The van der Waals surface area contributed by atoms with Crippen molar-refractivity contribution in [1.29, 1.82) is 0 Å². The second-order valence-corrected chi connectivity index (χ2v) is 4.56. The molecule has 1 aliphatic carbocycles. The number of hydrogen-bond donors (Lipinski definition) is 2. The summed E-state index contributed by atoms with van der Waals surface area (Å²) in [7, 11) is 0. The van der Waals surface area contributed by atoms with Gasteiger partial charge in [-0.2, -0.15) is 0 Å². The van der Waals surface area contributed by atoms with Crippen LogP contribution in [-0.2, 0) is 0 Å². The smallest absolute Gasteiger partial charge is 0.253 e. The van der Waals surface area contributed by atoms with Crippen LogP contribution in [-0.4, -0.2) is 17.1 Å². The van der Waals surface area contributed by atoms with E-state index in [9.17, 15) is 9.90 Å². The molecule has 1 fully saturated rings. The first kappa shape index (κ1) is 11.3. The zero-order valence-corrected chi connectivity index (χ0v) is 9.79. The molecule has 2 unspecified atom stereocenters. The molecule has 4 heteroatoms. The van der Waals surface area contributed by atoms with Crippen LogP contribution in [0.15, 0.2) is 18.2 Å². The van der Waals surface area contributed by atoms with E-state index in [1.54, 1.807) is 0 Å². The van der Waals surface area contributed by atoms with E-state index in [2.05, 4.69) is 12.2 Å². The van der Waals surface area contributed by atoms with Crippen molar-refractivity contribution in [3.8, 4) is 5.75 Å². The zero-order valence-electron chi connectivity index (χ0n) is 9.03. The topological polar surface area (TPSA) is 49.3 Å². The van der Waals surface area contributed by atoms with Gasteiger partial charge in [-0.05, 0) is 30.5 Å². The molecule has 1 aliphatic rings. The molecule has 2 N–H and O–H groups in total. The number of amides is 1. The van der Waals surface area contributed by atoms with Gasteiger partial charge in [0.15, 0.2) is 0 Å². The van der Waals surface area contributed by atoms with Gasteiger partial charge in [0, 0.05) is 6.04 Å². The van der Waals surface area contributed by atoms with Crippen LogP contribution in [0.3, 0.4) is 0 Å². The third-order valence-electron chi connectivity index (χ3n) is 2.96. The Bertz CT molecular complexity index is 419. The number of benzene rings is 1. The van der Waals surface area contributed by atoms with Crippen LogP contribution in [0.2, 0.25) is 5.02 Å². The summed E-state index contributed by atoms with van der Waals surface area (Å²) in [5, 5.41) is 12.6. The van der Waals surface area contributed by atoms with Crippen LogP contribution in [0.5, 0.6) is 5.75 Å². The minimum atomic E-state index is -0.207. The molecule has 1 saturated carbocycles. The highest BCUT2D eigenvalue weighted by atomic mass is 35.5. The van der Waals surface area contributed by atoms with E-state index >= 15 is 0 Å². The van der Waals surface area contributed by atoms with Crippen molar-refractivity contribution in [3.05, 3.63) is 28.8 Å². The second kappa shape index (κ2) is 4.34. The van der Waals surface area contributed by atoms with Crippen molar-refractivity contribution in [2.75, 3.05) is 0 Å². The number of carbonyl (C=O) groups is 1. The molecule has 1 aromatic carbocycles. The fourth-order valence-corrected chi connectivity index (χ4v) is 2.01. The minimum absolute atomic E-state index is 0.0531. The summed E-state index contributed by atoms with van der Waals surface area (Å²) in [6, 6.07) is 4.65. The third kappa shape index (κ3) is 2.30. The average Bonchev–Trinajstić information content (AvgIpc) is 3.00. The molecule has 0 spiro atoms. The number of carbonyl (C=O) groups excluding carboxylic acids is 1. The van der Waals surface area contributed by atoms with Gasteiger partial charge in [0.05, 0.1) is 10.6 Å². The van der Waals surface area contributed by atoms with E-state index in [0.29, 0.717) is 16.5 Å². The van der Waals surface area contributed by atoms with Crippen molar-refractivity contribution in [2.45, 2.75) is 25.8 Å². The zero-order chi connectivity index (χ0) is 11.7. The van der Waals surface area contributed by atoms with E-state index in [-0.39, 0.29) is 17.7 Å². The van der Waals surface area contributed by atoms with Gasteiger partial charge in [-0.15, -0.1) is 0 Å². The van der Waals surface area contributed by atoms with Crippen LogP contribution in [0, 0.1) is 5.92 Å². The van der Waals surface area contributed by atoms with Gasteiger partial charge < -0.3 is 10.4 Å². The SMILES string of the molecule is CCC1CC1NC(=O)c1cc(O)ccc1Cl. The maximum atomic E-state index is 11.8. The first-order chi connectivity index (χ1) is 7.61. The average molecular weight is 240 g/mol. The summed E-state index contributed by atoms with van der Waals surface area (Å²) >= 11 is 5.89. The first-order valence-corrected chi connectivity index (χ1v) is 5.79. The van der Waals surface area contributed by atoms with Gasteiger partial charge in [0.25, 0.3) is 5.91 Å². The number of halogens is 1. The summed E-state index contributed by atoms with van der Waals surface area (Å²) in [6.07, 6.45) is 2.12.